The smallest absolute Gasteiger partial charge is 0.340 e. The zero-order chi connectivity index (χ0) is 18.4. The van der Waals surface area contributed by atoms with E-state index in [4.69, 9.17) is 9.26 Å². The fourth-order valence-electron chi connectivity index (χ4n) is 2.15. The van der Waals surface area contributed by atoms with Crippen molar-refractivity contribution in [1.82, 2.24) is 20.6 Å². The van der Waals surface area contributed by atoms with Gasteiger partial charge in [0, 0.05) is 18.0 Å². The molecule has 0 aliphatic rings. The molecule has 0 aliphatic heterocycles. The number of hydrazine groups is 1. The molecule has 2 N–H and O–H groups in total. The Balaban J connectivity index is 1.46. The predicted molar refractivity (Wildman–Crippen MR) is 95.3 cm³/mol. The lowest BCUT2D eigenvalue weighted by Gasteiger charge is -2.09. The summed E-state index contributed by atoms with van der Waals surface area (Å²) < 4.78 is 10.5. The van der Waals surface area contributed by atoms with E-state index in [1.165, 1.54) is 5.56 Å². The third kappa shape index (κ3) is 4.56. The Kier molecular flexibility index (Phi) is 5.43. The van der Waals surface area contributed by atoms with E-state index in [1.54, 1.807) is 24.5 Å². The van der Waals surface area contributed by atoms with Crippen LogP contribution in [0.15, 0.2) is 53.3 Å². The number of hydrogen-bond donors (Lipinski definition) is 2. The molecule has 8 nitrogen and oxygen atoms in total. The van der Waals surface area contributed by atoms with Crippen LogP contribution < -0.4 is 15.6 Å². The largest absolute Gasteiger partial charge is 0.484 e. The summed E-state index contributed by atoms with van der Waals surface area (Å²) in [5.74, 6) is 1.09. The lowest BCUT2D eigenvalue weighted by Crippen LogP contribution is -2.33. The topological polar surface area (TPSA) is 102 Å². The first kappa shape index (κ1) is 17.4. The van der Waals surface area contributed by atoms with Crippen molar-refractivity contribution in [3.05, 3.63) is 54.4 Å². The van der Waals surface area contributed by atoms with E-state index >= 15 is 0 Å². The van der Waals surface area contributed by atoms with Gasteiger partial charge in [0.2, 0.25) is 5.82 Å². The van der Waals surface area contributed by atoms with Crippen molar-refractivity contribution in [2.45, 2.75) is 19.8 Å². The van der Waals surface area contributed by atoms with E-state index in [0.717, 1.165) is 5.56 Å². The van der Waals surface area contributed by atoms with Crippen molar-refractivity contribution in [3.8, 4) is 17.1 Å². The number of aromatic nitrogens is 3. The minimum absolute atomic E-state index is 0.0754. The summed E-state index contributed by atoms with van der Waals surface area (Å²) in [7, 11) is 0. The lowest BCUT2D eigenvalue weighted by molar-refractivity contribution is -0.122. The third-order valence-electron chi connectivity index (χ3n) is 3.59. The molecule has 0 aliphatic carbocycles. The number of hydrogen-bond acceptors (Lipinski definition) is 7. The number of amides is 1. The lowest BCUT2D eigenvalue weighted by atomic mass is 10.0. The quantitative estimate of drug-likeness (QED) is 0.630. The van der Waals surface area contributed by atoms with Crippen LogP contribution in [0.1, 0.15) is 25.3 Å². The van der Waals surface area contributed by atoms with Gasteiger partial charge in [-0.2, -0.15) is 4.98 Å². The van der Waals surface area contributed by atoms with Gasteiger partial charge in [0.05, 0.1) is 0 Å². The van der Waals surface area contributed by atoms with Crippen LogP contribution in [-0.4, -0.2) is 27.6 Å². The van der Waals surface area contributed by atoms with Gasteiger partial charge in [-0.05, 0) is 35.7 Å². The van der Waals surface area contributed by atoms with Crippen LogP contribution in [0.3, 0.4) is 0 Å². The predicted octanol–water partition coefficient (Wildman–Crippen LogP) is 2.78. The van der Waals surface area contributed by atoms with Crippen molar-refractivity contribution in [1.29, 1.82) is 0 Å². The molecule has 0 fully saturated rings. The number of carbonyl (C=O) groups excluding carboxylic acids is 1. The van der Waals surface area contributed by atoms with Gasteiger partial charge in [0.1, 0.15) is 5.75 Å². The van der Waals surface area contributed by atoms with Gasteiger partial charge in [-0.15, -0.1) is 0 Å². The summed E-state index contributed by atoms with van der Waals surface area (Å²) in [5, 5.41) is 3.82. The second kappa shape index (κ2) is 8.11. The van der Waals surface area contributed by atoms with Gasteiger partial charge in [0.15, 0.2) is 6.61 Å². The molecular formula is C18H19N5O3. The Morgan fingerprint density at radius 3 is 2.58 bits per heavy atom. The molecule has 3 rings (SSSR count). The Labute approximate surface area is 150 Å². The molecule has 0 spiro atoms. The Hall–Kier alpha value is -3.42. The molecule has 1 amide bonds. The molecule has 8 heteroatoms. The molecule has 2 heterocycles. The minimum Gasteiger partial charge on any atom is -0.484 e. The second-order valence-corrected chi connectivity index (χ2v) is 5.84. The number of pyridine rings is 1. The summed E-state index contributed by atoms with van der Waals surface area (Å²) in [6.45, 7) is 4.10. The van der Waals surface area contributed by atoms with E-state index in [0.29, 0.717) is 17.5 Å². The van der Waals surface area contributed by atoms with Crippen molar-refractivity contribution >= 4 is 11.9 Å². The molecule has 0 radical (unpaired) electrons. The number of anilines is 1. The summed E-state index contributed by atoms with van der Waals surface area (Å²) in [6, 6.07) is 11.2. The van der Waals surface area contributed by atoms with Crippen molar-refractivity contribution < 1.29 is 14.1 Å². The summed E-state index contributed by atoms with van der Waals surface area (Å²) in [5.41, 5.74) is 6.97. The highest BCUT2D eigenvalue weighted by Crippen LogP contribution is 2.18. The van der Waals surface area contributed by atoms with Crippen LogP contribution in [-0.2, 0) is 4.79 Å². The SMILES string of the molecule is CC(C)c1ccc(OCC(=O)NNc2nc(-c3ccncc3)no2)cc1. The average molecular weight is 353 g/mol. The highest BCUT2D eigenvalue weighted by molar-refractivity contribution is 5.78. The Morgan fingerprint density at radius 2 is 1.88 bits per heavy atom. The van der Waals surface area contributed by atoms with Gasteiger partial charge >= 0.3 is 6.01 Å². The molecule has 1 aromatic carbocycles. The molecule has 0 saturated heterocycles. The zero-order valence-electron chi connectivity index (χ0n) is 14.5. The number of benzene rings is 1. The van der Waals surface area contributed by atoms with Crippen LogP contribution in [0.2, 0.25) is 0 Å². The monoisotopic (exact) mass is 353 g/mol. The van der Waals surface area contributed by atoms with Crippen molar-refractivity contribution in [3.63, 3.8) is 0 Å². The standard InChI is InChI=1S/C18H19N5O3/c1-12(2)13-3-5-15(6-4-13)25-11-16(24)21-22-18-20-17(23-26-18)14-7-9-19-10-8-14/h3-10,12H,11H2,1-2H3,(H,21,24)(H,20,22,23). The summed E-state index contributed by atoms with van der Waals surface area (Å²) >= 11 is 0. The second-order valence-electron chi connectivity index (χ2n) is 5.84. The van der Waals surface area contributed by atoms with E-state index in [2.05, 4.69) is 39.8 Å². The number of nitrogens with zero attached hydrogens (tertiary/aromatic N) is 3. The highest BCUT2D eigenvalue weighted by atomic mass is 16.5. The van der Waals surface area contributed by atoms with Crippen LogP contribution in [0.5, 0.6) is 5.75 Å². The molecule has 0 unspecified atom stereocenters. The van der Waals surface area contributed by atoms with Crippen molar-refractivity contribution in [2.75, 3.05) is 12.0 Å². The number of carbonyl (C=O) groups is 1. The van der Waals surface area contributed by atoms with E-state index in [1.807, 2.05) is 24.3 Å². The Morgan fingerprint density at radius 1 is 1.15 bits per heavy atom. The first-order valence-corrected chi connectivity index (χ1v) is 8.13. The number of nitrogens with one attached hydrogen (secondary N) is 2. The normalized spacial score (nSPS) is 10.6. The maximum absolute atomic E-state index is 11.8. The van der Waals surface area contributed by atoms with Gasteiger partial charge in [0.25, 0.3) is 5.91 Å². The zero-order valence-corrected chi connectivity index (χ0v) is 14.5. The molecule has 3 aromatic rings. The van der Waals surface area contributed by atoms with E-state index in [9.17, 15) is 4.79 Å². The first-order valence-electron chi connectivity index (χ1n) is 8.13. The molecule has 0 bridgehead atoms. The molecule has 134 valence electrons. The Bertz CT molecular complexity index is 847. The molecule has 2 aromatic heterocycles. The molecular weight excluding hydrogens is 334 g/mol. The molecule has 26 heavy (non-hydrogen) atoms. The van der Waals surface area contributed by atoms with Gasteiger partial charge in [-0.3, -0.25) is 15.2 Å². The average Bonchev–Trinajstić information content (AvgIpc) is 3.15. The highest BCUT2D eigenvalue weighted by Gasteiger charge is 2.09. The summed E-state index contributed by atoms with van der Waals surface area (Å²) in [6.07, 6.45) is 3.26. The van der Waals surface area contributed by atoms with Gasteiger partial charge < -0.3 is 9.26 Å². The maximum atomic E-state index is 11.8. The third-order valence-corrected chi connectivity index (χ3v) is 3.59. The van der Waals surface area contributed by atoms with Crippen LogP contribution in [0.4, 0.5) is 6.01 Å². The summed E-state index contributed by atoms with van der Waals surface area (Å²) in [4.78, 5) is 19.9. The number of ether oxygens (including phenoxy) is 1. The van der Waals surface area contributed by atoms with Gasteiger partial charge in [-0.1, -0.05) is 31.1 Å². The fraction of sp³-hybridized carbons (Fsp3) is 0.222. The molecule has 0 atom stereocenters. The molecule has 0 saturated carbocycles. The first-order chi connectivity index (χ1) is 12.6. The van der Waals surface area contributed by atoms with Crippen LogP contribution in [0, 0.1) is 0 Å². The van der Waals surface area contributed by atoms with E-state index in [-0.39, 0.29) is 18.5 Å². The van der Waals surface area contributed by atoms with Crippen LogP contribution >= 0.6 is 0 Å². The van der Waals surface area contributed by atoms with Gasteiger partial charge in [-0.25, -0.2) is 5.43 Å². The minimum atomic E-state index is -0.374. The fourth-order valence-corrected chi connectivity index (χ4v) is 2.15. The van der Waals surface area contributed by atoms with Crippen molar-refractivity contribution in [2.24, 2.45) is 0 Å². The number of rotatable bonds is 7. The van der Waals surface area contributed by atoms with Crippen LogP contribution in [0.25, 0.3) is 11.4 Å². The maximum Gasteiger partial charge on any atom is 0.340 e. The van der Waals surface area contributed by atoms with E-state index < -0.39 is 0 Å².